The third-order valence-corrected chi connectivity index (χ3v) is 3.26. The molecule has 0 heterocycles. The number of hydrogen-bond acceptors (Lipinski definition) is 4. The first-order valence-corrected chi connectivity index (χ1v) is 5.98. The summed E-state index contributed by atoms with van der Waals surface area (Å²) >= 11 is 5.74. The highest BCUT2D eigenvalue weighted by Gasteiger charge is 2.24. The van der Waals surface area contributed by atoms with Gasteiger partial charge in [-0.05, 0) is 32.9 Å². The van der Waals surface area contributed by atoms with E-state index >= 15 is 0 Å². The quantitative estimate of drug-likeness (QED) is 0.638. The van der Waals surface area contributed by atoms with Crippen molar-refractivity contribution in [3.63, 3.8) is 0 Å². The summed E-state index contributed by atoms with van der Waals surface area (Å²) in [5.41, 5.74) is 0.00237. The Morgan fingerprint density at radius 1 is 1.56 bits per heavy atom. The van der Waals surface area contributed by atoms with Crippen LogP contribution in [-0.2, 0) is 6.54 Å². The van der Waals surface area contributed by atoms with Crippen molar-refractivity contribution in [2.45, 2.75) is 39.0 Å². The van der Waals surface area contributed by atoms with Gasteiger partial charge in [-0.15, -0.1) is 0 Å². The number of rotatable bonds is 5. The minimum Gasteiger partial charge on any atom is -0.392 e. The second-order valence-corrected chi connectivity index (χ2v) is 5.22. The van der Waals surface area contributed by atoms with E-state index in [1.165, 1.54) is 6.07 Å². The van der Waals surface area contributed by atoms with Gasteiger partial charge in [-0.1, -0.05) is 11.6 Å². The molecule has 0 aromatic heterocycles. The number of nitro benzene ring substituents is 1. The Morgan fingerprint density at radius 2 is 2.17 bits per heavy atom. The summed E-state index contributed by atoms with van der Waals surface area (Å²) in [4.78, 5) is 10.4. The molecule has 0 radical (unpaired) electrons. The van der Waals surface area contributed by atoms with Crippen molar-refractivity contribution in [3.05, 3.63) is 38.9 Å². The van der Waals surface area contributed by atoms with E-state index in [0.29, 0.717) is 17.1 Å². The predicted octanol–water partition coefficient (Wildman–Crippen LogP) is 2.50. The van der Waals surface area contributed by atoms with E-state index in [1.54, 1.807) is 19.1 Å². The van der Waals surface area contributed by atoms with Crippen LogP contribution in [0.4, 0.5) is 5.69 Å². The van der Waals surface area contributed by atoms with Gasteiger partial charge < -0.3 is 10.4 Å². The summed E-state index contributed by atoms with van der Waals surface area (Å²) in [5.74, 6) is 0. The van der Waals surface area contributed by atoms with Crippen molar-refractivity contribution in [2.24, 2.45) is 0 Å². The summed E-state index contributed by atoms with van der Waals surface area (Å²) in [5, 5.41) is 23.9. The van der Waals surface area contributed by atoms with Crippen LogP contribution in [0, 0.1) is 10.1 Å². The average molecular weight is 273 g/mol. The molecule has 1 aromatic rings. The molecule has 1 rings (SSSR count). The summed E-state index contributed by atoms with van der Waals surface area (Å²) < 4.78 is 0. The van der Waals surface area contributed by atoms with Gasteiger partial charge in [-0.2, -0.15) is 0 Å². The lowest BCUT2D eigenvalue weighted by Crippen LogP contribution is -2.47. The van der Waals surface area contributed by atoms with E-state index in [0.717, 1.165) is 0 Å². The van der Waals surface area contributed by atoms with Crippen LogP contribution in [-0.4, -0.2) is 21.7 Å². The van der Waals surface area contributed by atoms with Crippen molar-refractivity contribution in [3.8, 4) is 0 Å². The zero-order valence-electron chi connectivity index (χ0n) is 10.6. The highest BCUT2D eigenvalue weighted by atomic mass is 35.5. The Balaban J connectivity index is 2.89. The third kappa shape index (κ3) is 3.66. The Labute approximate surface area is 111 Å². The first kappa shape index (κ1) is 14.9. The van der Waals surface area contributed by atoms with E-state index in [-0.39, 0.29) is 5.69 Å². The largest absolute Gasteiger partial charge is 0.392 e. The van der Waals surface area contributed by atoms with Gasteiger partial charge in [-0.25, -0.2) is 0 Å². The summed E-state index contributed by atoms with van der Waals surface area (Å²) in [7, 11) is 0. The van der Waals surface area contributed by atoms with E-state index in [1.807, 2.05) is 13.8 Å². The molecule has 6 heteroatoms. The first-order valence-electron chi connectivity index (χ1n) is 5.60. The Morgan fingerprint density at radius 3 is 2.67 bits per heavy atom. The number of halogens is 1. The molecule has 0 fully saturated rings. The standard InChI is InChI=1S/C12H17ClN2O3/c1-8(16)12(2,3)14-7-9-4-5-10(13)6-11(9)15(17)18/h4-6,8,14,16H,7H2,1-3H3. The second-order valence-electron chi connectivity index (χ2n) is 4.78. The highest BCUT2D eigenvalue weighted by molar-refractivity contribution is 6.30. The van der Waals surface area contributed by atoms with Crippen LogP contribution in [0.5, 0.6) is 0 Å². The lowest BCUT2D eigenvalue weighted by Gasteiger charge is -2.29. The molecule has 1 unspecified atom stereocenters. The Kier molecular flexibility index (Phi) is 4.67. The molecule has 0 saturated heterocycles. The third-order valence-electron chi connectivity index (χ3n) is 3.02. The fourth-order valence-electron chi connectivity index (χ4n) is 1.33. The molecule has 0 aliphatic carbocycles. The molecule has 0 bridgehead atoms. The molecule has 0 saturated carbocycles. The molecule has 0 aliphatic rings. The minimum atomic E-state index is -0.566. The fraction of sp³-hybridized carbons (Fsp3) is 0.500. The summed E-state index contributed by atoms with van der Waals surface area (Å²) in [6.07, 6.45) is -0.566. The van der Waals surface area contributed by atoms with Crippen LogP contribution in [0.3, 0.4) is 0 Å². The molecule has 2 N–H and O–H groups in total. The molecule has 1 atom stereocenters. The van der Waals surface area contributed by atoms with Crippen molar-refractivity contribution < 1.29 is 10.0 Å². The number of benzene rings is 1. The summed E-state index contributed by atoms with van der Waals surface area (Å²) in [6, 6.07) is 4.56. The van der Waals surface area contributed by atoms with Crippen LogP contribution in [0.15, 0.2) is 18.2 Å². The maximum atomic E-state index is 10.9. The van der Waals surface area contributed by atoms with E-state index in [2.05, 4.69) is 5.32 Å². The molecule has 18 heavy (non-hydrogen) atoms. The SMILES string of the molecule is CC(O)C(C)(C)NCc1ccc(Cl)cc1[N+](=O)[O-]. The lowest BCUT2D eigenvalue weighted by molar-refractivity contribution is -0.385. The van der Waals surface area contributed by atoms with E-state index in [9.17, 15) is 15.2 Å². The van der Waals surface area contributed by atoms with Crippen LogP contribution >= 0.6 is 11.6 Å². The van der Waals surface area contributed by atoms with Gasteiger partial charge in [0.25, 0.3) is 5.69 Å². The lowest BCUT2D eigenvalue weighted by atomic mass is 9.98. The first-order chi connectivity index (χ1) is 8.24. The highest BCUT2D eigenvalue weighted by Crippen LogP contribution is 2.23. The number of nitrogens with zero attached hydrogens (tertiary/aromatic N) is 1. The number of hydrogen-bond donors (Lipinski definition) is 2. The number of aliphatic hydroxyl groups excluding tert-OH is 1. The topological polar surface area (TPSA) is 75.4 Å². The zero-order chi connectivity index (χ0) is 13.9. The molecular weight excluding hydrogens is 256 g/mol. The molecule has 0 aliphatic heterocycles. The van der Waals surface area contributed by atoms with Crippen molar-refractivity contribution in [1.82, 2.24) is 5.32 Å². The van der Waals surface area contributed by atoms with Gasteiger partial charge in [0.2, 0.25) is 0 Å². The van der Waals surface area contributed by atoms with Crippen LogP contribution < -0.4 is 5.32 Å². The Bertz CT molecular complexity index is 447. The molecule has 1 aromatic carbocycles. The normalized spacial score (nSPS) is 13.4. The maximum Gasteiger partial charge on any atom is 0.275 e. The smallest absolute Gasteiger partial charge is 0.275 e. The van der Waals surface area contributed by atoms with Gasteiger partial charge in [0.1, 0.15) is 0 Å². The molecule has 0 amide bonds. The zero-order valence-corrected chi connectivity index (χ0v) is 11.4. The van der Waals surface area contributed by atoms with Crippen molar-refractivity contribution in [1.29, 1.82) is 0 Å². The van der Waals surface area contributed by atoms with Gasteiger partial charge in [-0.3, -0.25) is 10.1 Å². The molecule has 0 spiro atoms. The van der Waals surface area contributed by atoms with E-state index < -0.39 is 16.6 Å². The Hall–Kier alpha value is -1.17. The predicted molar refractivity (Wildman–Crippen MR) is 70.7 cm³/mol. The molecule has 5 nitrogen and oxygen atoms in total. The van der Waals surface area contributed by atoms with Crippen molar-refractivity contribution >= 4 is 17.3 Å². The monoisotopic (exact) mass is 272 g/mol. The van der Waals surface area contributed by atoms with E-state index in [4.69, 9.17) is 11.6 Å². The van der Waals surface area contributed by atoms with Gasteiger partial charge >= 0.3 is 0 Å². The number of nitrogens with one attached hydrogen (secondary N) is 1. The van der Waals surface area contributed by atoms with Crippen LogP contribution in [0.2, 0.25) is 5.02 Å². The van der Waals surface area contributed by atoms with Gasteiger partial charge in [0.15, 0.2) is 0 Å². The number of nitro groups is 1. The van der Waals surface area contributed by atoms with Crippen molar-refractivity contribution in [2.75, 3.05) is 0 Å². The fourth-order valence-corrected chi connectivity index (χ4v) is 1.49. The minimum absolute atomic E-state index is 0.0172. The van der Waals surface area contributed by atoms with Crippen LogP contribution in [0.1, 0.15) is 26.3 Å². The average Bonchev–Trinajstić information content (AvgIpc) is 2.27. The number of aliphatic hydroxyl groups is 1. The van der Waals surface area contributed by atoms with Gasteiger partial charge in [0, 0.05) is 28.7 Å². The van der Waals surface area contributed by atoms with Crippen LogP contribution in [0.25, 0.3) is 0 Å². The maximum absolute atomic E-state index is 10.9. The molecule has 100 valence electrons. The van der Waals surface area contributed by atoms with Gasteiger partial charge in [0.05, 0.1) is 11.0 Å². The summed E-state index contributed by atoms with van der Waals surface area (Å²) in [6.45, 7) is 5.63. The second kappa shape index (κ2) is 5.65. The molecular formula is C12H17ClN2O3.